The van der Waals surface area contributed by atoms with Crippen LogP contribution in [0.5, 0.6) is 0 Å². The number of alkyl halides is 3. The van der Waals surface area contributed by atoms with E-state index in [1.165, 1.54) is 12.1 Å². The van der Waals surface area contributed by atoms with Crippen LogP contribution in [0.4, 0.5) is 17.6 Å². The summed E-state index contributed by atoms with van der Waals surface area (Å²) >= 11 is 0. The minimum atomic E-state index is -5.37. The van der Waals surface area contributed by atoms with Crippen LogP contribution < -0.4 is 0 Å². The number of benzene rings is 1. The van der Waals surface area contributed by atoms with Gasteiger partial charge in [0.1, 0.15) is 5.82 Å². The summed E-state index contributed by atoms with van der Waals surface area (Å²) in [7, 11) is -5.37. The van der Waals surface area contributed by atoms with Gasteiger partial charge in [0.2, 0.25) is 0 Å². The van der Waals surface area contributed by atoms with Crippen LogP contribution in [0.2, 0.25) is 0 Å². The Bertz CT molecular complexity index is 440. The maximum atomic E-state index is 13.1. The van der Waals surface area contributed by atoms with Crippen LogP contribution in [0.25, 0.3) is 0 Å². The molecule has 0 aliphatic carbocycles. The average Bonchev–Trinajstić information content (AvgIpc) is 2.12. The van der Waals surface area contributed by atoms with Crippen molar-refractivity contribution < 1.29 is 31.9 Å². The molecular weight excluding hydrogens is 263 g/mol. The van der Waals surface area contributed by atoms with E-state index in [-0.39, 0.29) is 5.56 Å². The van der Waals surface area contributed by atoms with Crippen LogP contribution in [0, 0.1) is 5.82 Å². The highest BCUT2D eigenvalue weighted by atomic mass is 31.2. The Balaban J connectivity index is 3.05. The van der Waals surface area contributed by atoms with Crippen molar-refractivity contribution >= 4 is 7.60 Å². The molecule has 8 heteroatoms. The first-order chi connectivity index (χ1) is 7.62. The molecule has 17 heavy (non-hydrogen) atoms. The molecule has 0 amide bonds. The van der Waals surface area contributed by atoms with E-state index in [4.69, 9.17) is 9.79 Å². The fourth-order valence-electron chi connectivity index (χ4n) is 1.30. The molecule has 0 aliphatic rings. The van der Waals surface area contributed by atoms with E-state index in [0.29, 0.717) is 0 Å². The lowest BCUT2D eigenvalue weighted by molar-refractivity contribution is -0.133. The highest BCUT2D eigenvalue weighted by Gasteiger charge is 2.50. The summed E-state index contributed by atoms with van der Waals surface area (Å²) in [5, 5.41) is 0. The molecule has 0 aromatic heterocycles. The molecule has 1 aromatic carbocycles. The monoisotopic (exact) mass is 272 g/mol. The van der Waals surface area contributed by atoms with Gasteiger partial charge in [-0.15, -0.1) is 0 Å². The molecule has 1 aromatic rings. The maximum Gasteiger partial charge on any atom is 0.403 e. The first kappa shape index (κ1) is 14.2. The van der Waals surface area contributed by atoms with Gasteiger partial charge in [-0.2, -0.15) is 13.2 Å². The third-order valence-electron chi connectivity index (χ3n) is 2.15. The summed E-state index contributed by atoms with van der Waals surface area (Å²) in [4.78, 5) is 17.3. The Morgan fingerprint density at radius 1 is 1.24 bits per heavy atom. The maximum absolute atomic E-state index is 13.1. The lowest BCUT2D eigenvalue weighted by Crippen LogP contribution is -2.31. The number of halogens is 4. The van der Waals surface area contributed by atoms with E-state index in [0.717, 1.165) is 12.1 Å². The molecular formula is C9H9F4O3P. The third kappa shape index (κ3) is 3.80. The predicted molar refractivity (Wildman–Crippen MR) is 52.0 cm³/mol. The molecule has 0 radical (unpaired) electrons. The van der Waals surface area contributed by atoms with Crippen molar-refractivity contribution in [3.63, 3.8) is 0 Å². The zero-order chi connectivity index (χ0) is 13.3. The van der Waals surface area contributed by atoms with Gasteiger partial charge in [-0.25, -0.2) is 4.39 Å². The zero-order valence-electron chi connectivity index (χ0n) is 8.36. The molecule has 96 valence electrons. The van der Waals surface area contributed by atoms with Crippen LogP contribution in [0.15, 0.2) is 24.3 Å². The highest BCUT2D eigenvalue weighted by Crippen LogP contribution is 2.50. The Labute approximate surface area is 94.2 Å². The molecule has 1 rings (SSSR count). The average molecular weight is 272 g/mol. The van der Waals surface area contributed by atoms with Gasteiger partial charge in [0.25, 0.3) is 0 Å². The molecule has 3 nitrogen and oxygen atoms in total. The number of rotatable bonds is 3. The second-order valence-electron chi connectivity index (χ2n) is 3.44. The van der Waals surface area contributed by atoms with Gasteiger partial charge in [-0.3, -0.25) is 4.57 Å². The normalized spacial score (nSPS) is 14.7. The Morgan fingerprint density at radius 2 is 1.76 bits per heavy atom. The lowest BCUT2D eigenvalue weighted by atomic mass is 10.1. The highest BCUT2D eigenvalue weighted by molar-refractivity contribution is 7.52. The van der Waals surface area contributed by atoms with E-state index in [1.54, 1.807) is 0 Å². The van der Waals surface area contributed by atoms with E-state index in [1.807, 2.05) is 0 Å². The molecule has 0 spiro atoms. The summed E-state index contributed by atoms with van der Waals surface area (Å²) in [5.41, 5.74) is -3.26. The van der Waals surface area contributed by atoms with Gasteiger partial charge in [0, 0.05) is 0 Å². The molecule has 0 bridgehead atoms. The molecule has 0 fully saturated rings. The summed E-state index contributed by atoms with van der Waals surface area (Å²) in [6.07, 6.45) is -6.16. The summed E-state index contributed by atoms with van der Waals surface area (Å²) in [6, 6.07) is 4.57. The van der Waals surface area contributed by atoms with Crippen molar-refractivity contribution in [3.8, 4) is 0 Å². The smallest absolute Gasteiger partial charge is 0.324 e. The summed E-state index contributed by atoms with van der Waals surface area (Å²) in [6.45, 7) is 0. The molecule has 1 atom stereocenters. The van der Waals surface area contributed by atoms with Crippen LogP contribution in [0.1, 0.15) is 5.56 Å². The third-order valence-corrected chi connectivity index (χ3v) is 3.44. The van der Waals surface area contributed by atoms with E-state index >= 15 is 0 Å². The zero-order valence-corrected chi connectivity index (χ0v) is 9.25. The molecule has 0 aliphatic heterocycles. The first-order valence-electron chi connectivity index (χ1n) is 4.47. The van der Waals surface area contributed by atoms with Crippen molar-refractivity contribution in [3.05, 3.63) is 35.6 Å². The van der Waals surface area contributed by atoms with Crippen LogP contribution in [-0.2, 0) is 11.0 Å². The van der Waals surface area contributed by atoms with E-state index in [2.05, 4.69) is 0 Å². The van der Waals surface area contributed by atoms with Gasteiger partial charge in [0.05, 0.1) is 0 Å². The van der Waals surface area contributed by atoms with Crippen LogP contribution in [0.3, 0.4) is 0 Å². The minimum absolute atomic E-state index is 0.377. The van der Waals surface area contributed by atoms with Crippen molar-refractivity contribution in [2.24, 2.45) is 0 Å². The molecule has 0 heterocycles. The van der Waals surface area contributed by atoms with E-state index < -0.39 is 31.7 Å². The number of hydrogen-bond acceptors (Lipinski definition) is 1. The Morgan fingerprint density at radius 3 is 2.18 bits per heavy atom. The number of hydrogen-bond donors (Lipinski definition) is 2. The quantitative estimate of drug-likeness (QED) is 0.656. The van der Waals surface area contributed by atoms with Gasteiger partial charge < -0.3 is 9.79 Å². The Hall–Kier alpha value is -0.910. The van der Waals surface area contributed by atoms with Crippen molar-refractivity contribution in [1.29, 1.82) is 0 Å². The van der Waals surface area contributed by atoms with E-state index in [9.17, 15) is 22.1 Å². The molecule has 2 N–H and O–H groups in total. The summed E-state index contributed by atoms with van der Waals surface area (Å²) in [5.74, 6) is -0.921. The van der Waals surface area contributed by atoms with Gasteiger partial charge in [-0.1, -0.05) is 18.2 Å². The fraction of sp³-hybridized carbons (Fsp3) is 0.333. The van der Waals surface area contributed by atoms with Gasteiger partial charge in [0.15, 0.2) is 5.66 Å². The van der Waals surface area contributed by atoms with Crippen molar-refractivity contribution in [2.45, 2.75) is 18.3 Å². The van der Waals surface area contributed by atoms with Crippen LogP contribution >= 0.6 is 7.60 Å². The second-order valence-corrected chi connectivity index (χ2v) is 5.24. The van der Waals surface area contributed by atoms with Gasteiger partial charge >= 0.3 is 13.8 Å². The molecule has 0 saturated heterocycles. The topological polar surface area (TPSA) is 57.5 Å². The Kier molecular flexibility index (Phi) is 3.96. The van der Waals surface area contributed by atoms with Crippen molar-refractivity contribution in [2.75, 3.05) is 0 Å². The first-order valence-corrected chi connectivity index (χ1v) is 6.16. The predicted octanol–water partition coefficient (Wildman–Crippen LogP) is 2.48. The second kappa shape index (κ2) is 4.76. The van der Waals surface area contributed by atoms with Crippen LogP contribution in [-0.4, -0.2) is 21.6 Å². The molecule has 0 saturated carbocycles. The minimum Gasteiger partial charge on any atom is -0.324 e. The SMILES string of the molecule is O=P(O)(O)C(Cc1ccccc1F)C(F)(F)F. The standard InChI is InChI=1S/C9H9F4O3P/c10-7-4-2-1-3-6(7)5-8(9(11,12)13)17(14,15)16/h1-4,8H,5H2,(H2,14,15,16). The molecule has 1 unspecified atom stereocenters. The summed E-state index contributed by atoms with van der Waals surface area (Å²) < 4.78 is 61.1. The fourth-order valence-corrected chi connectivity index (χ4v) is 2.11. The lowest BCUT2D eigenvalue weighted by Gasteiger charge is -2.21. The largest absolute Gasteiger partial charge is 0.403 e. The van der Waals surface area contributed by atoms with Crippen molar-refractivity contribution in [1.82, 2.24) is 0 Å². The van der Waals surface area contributed by atoms with Gasteiger partial charge in [-0.05, 0) is 18.1 Å².